The van der Waals surface area contributed by atoms with Gasteiger partial charge >= 0.3 is 0 Å². The second-order valence-corrected chi connectivity index (χ2v) is 8.00. The molecule has 7 nitrogen and oxygen atoms in total. The van der Waals surface area contributed by atoms with Crippen LogP contribution in [0.3, 0.4) is 0 Å². The summed E-state index contributed by atoms with van der Waals surface area (Å²) < 4.78 is 11.1. The molecule has 4 rings (SSSR count). The Balaban J connectivity index is 1.71. The summed E-state index contributed by atoms with van der Waals surface area (Å²) in [4.78, 5) is 31.3. The molecule has 2 N–H and O–H groups in total. The van der Waals surface area contributed by atoms with Gasteiger partial charge in [-0.1, -0.05) is 18.2 Å². The lowest BCUT2D eigenvalue weighted by Crippen LogP contribution is -2.50. The summed E-state index contributed by atoms with van der Waals surface area (Å²) in [5.74, 6) is 0.134. The van der Waals surface area contributed by atoms with Crippen LogP contribution in [-0.2, 0) is 9.53 Å². The molecule has 1 fully saturated rings. The van der Waals surface area contributed by atoms with Gasteiger partial charge in [0.15, 0.2) is 0 Å². The summed E-state index contributed by atoms with van der Waals surface area (Å²) in [5, 5.41) is 3.73. The third-order valence-electron chi connectivity index (χ3n) is 5.44. The van der Waals surface area contributed by atoms with E-state index in [0.717, 1.165) is 16.5 Å². The number of carbonyl (C=O) groups excluding carboxylic acids is 2. The molecular formula is C25H27N3O4. The number of ether oxygens (including phenoxy) is 2. The third-order valence-corrected chi connectivity index (χ3v) is 5.44. The molecule has 1 aliphatic rings. The monoisotopic (exact) mass is 433 g/mol. The van der Waals surface area contributed by atoms with Gasteiger partial charge in [-0.2, -0.15) is 0 Å². The molecule has 2 heterocycles. The normalized spacial score (nSPS) is 19.1. The highest BCUT2D eigenvalue weighted by atomic mass is 16.5. The van der Waals surface area contributed by atoms with E-state index in [2.05, 4.69) is 10.3 Å². The molecule has 0 bridgehead atoms. The molecule has 32 heavy (non-hydrogen) atoms. The fourth-order valence-electron chi connectivity index (χ4n) is 3.97. The van der Waals surface area contributed by atoms with Crippen molar-refractivity contribution in [1.82, 2.24) is 15.2 Å². The molecule has 0 unspecified atom stereocenters. The number of aromatic nitrogens is 1. The van der Waals surface area contributed by atoms with Crippen molar-refractivity contribution in [1.29, 1.82) is 0 Å². The minimum absolute atomic E-state index is 0.0777. The van der Waals surface area contributed by atoms with Crippen LogP contribution in [0.25, 0.3) is 17.0 Å². The fraction of sp³-hybridized carbons (Fsp3) is 0.280. The molecule has 1 aliphatic heterocycles. The van der Waals surface area contributed by atoms with E-state index in [1.807, 2.05) is 44.3 Å². The Hall–Kier alpha value is -3.58. The van der Waals surface area contributed by atoms with Crippen molar-refractivity contribution in [3.8, 4) is 5.75 Å². The van der Waals surface area contributed by atoms with E-state index in [-0.39, 0.29) is 29.7 Å². The van der Waals surface area contributed by atoms with Crippen LogP contribution in [-0.4, -0.2) is 54.1 Å². The average Bonchev–Trinajstić information content (AvgIpc) is 3.19. The van der Waals surface area contributed by atoms with E-state index < -0.39 is 0 Å². The zero-order chi connectivity index (χ0) is 22.7. The predicted octanol–water partition coefficient (Wildman–Crippen LogP) is 3.58. The summed E-state index contributed by atoms with van der Waals surface area (Å²) in [6.45, 7) is 4.80. The van der Waals surface area contributed by atoms with Crippen LogP contribution in [0.4, 0.5) is 0 Å². The first kappa shape index (κ1) is 21.6. The first-order chi connectivity index (χ1) is 15.4. The van der Waals surface area contributed by atoms with Crippen LogP contribution in [0, 0.1) is 0 Å². The molecule has 1 aromatic heterocycles. The fourth-order valence-corrected chi connectivity index (χ4v) is 3.97. The van der Waals surface area contributed by atoms with Gasteiger partial charge < -0.3 is 24.7 Å². The highest BCUT2D eigenvalue weighted by Gasteiger charge is 2.29. The molecular weight excluding hydrogens is 406 g/mol. The van der Waals surface area contributed by atoms with E-state index in [1.165, 1.54) is 0 Å². The van der Waals surface area contributed by atoms with Gasteiger partial charge in [0.1, 0.15) is 11.4 Å². The number of hydrogen-bond acceptors (Lipinski definition) is 4. The Labute approximate surface area is 187 Å². The van der Waals surface area contributed by atoms with Gasteiger partial charge in [-0.3, -0.25) is 9.59 Å². The second-order valence-electron chi connectivity index (χ2n) is 8.00. The van der Waals surface area contributed by atoms with Crippen LogP contribution in [0.2, 0.25) is 0 Å². The molecule has 0 aliphatic carbocycles. The van der Waals surface area contributed by atoms with Crippen LogP contribution in [0.5, 0.6) is 5.75 Å². The molecule has 1 saturated heterocycles. The van der Waals surface area contributed by atoms with Crippen LogP contribution in [0.15, 0.2) is 60.4 Å². The van der Waals surface area contributed by atoms with Crippen molar-refractivity contribution in [2.24, 2.45) is 0 Å². The zero-order valence-corrected chi connectivity index (χ0v) is 18.4. The molecule has 2 amide bonds. The Morgan fingerprint density at radius 3 is 2.53 bits per heavy atom. The number of morpholine rings is 1. The largest absolute Gasteiger partial charge is 0.497 e. The van der Waals surface area contributed by atoms with Crippen LogP contribution in [0.1, 0.15) is 29.8 Å². The Kier molecular flexibility index (Phi) is 6.28. The molecule has 3 aromatic rings. The summed E-state index contributed by atoms with van der Waals surface area (Å²) in [7, 11) is 1.61. The number of fused-ring (bicyclic) bond motifs is 1. The number of nitrogens with zero attached hydrogens (tertiary/aromatic N) is 1. The minimum atomic E-state index is -0.336. The van der Waals surface area contributed by atoms with Crippen molar-refractivity contribution < 1.29 is 19.1 Å². The molecule has 0 saturated carbocycles. The number of hydrogen-bond donors (Lipinski definition) is 2. The predicted molar refractivity (Wildman–Crippen MR) is 123 cm³/mol. The first-order valence-corrected chi connectivity index (χ1v) is 10.6. The highest BCUT2D eigenvalue weighted by Crippen LogP contribution is 2.25. The standard InChI is InChI=1S/C25H27N3O4/c1-16-14-28(15-17(2)32-16)25(30)23(27-24(29)18-7-5-4-6-8-18)11-19-13-26-22-10-9-20(31-3)12-21(19)22/h4-13,16-17,26H,14-15H2,1-3H3,(H,27,29)/b23-11+/t16-,17-/m0/s1. The smallest absolute Gasteiger partial charge is 0.270 e. The van der Waals surface area contributed by atoms with Crippen LogP contribution < -0.4 is 10.1 Å². The lowest BCUT2D eigenvalue weighted by Gasteiger charge is -2.35. The number of carbonyl (C=O) groups is 2. The van der Waals surface area contributed by atoms with Gasteiger partial charge in [-0.25, -0.2) is 0 Å². The van der Waals surface area contributed by atoms with Crippen LogP contribution >= 0.6 is 0 Å². The number of rotatable bonds is 5. The lowest BCUT2D eigenvalue weighted by atomic mass is 10.1. The molecule has 2 aromatic carbocycles. The van der Waals surface area contributed by atoms with Gasteiger partial charge in [0.05, 0.1) is 19.3 Å². The van der Waals surface area contributed by atoms with Gasteiger partial charge in [-0.15, -0.1) is 0 Å². The van der Waals surface area contributed by atoms with Crippen molar-refractivity contribution in [2.45, 2.75) is 26.1 Å². The van der Waals surface area contributed by atoms with Gasteiger partial charge in [0.25, 0.3) is 11.8 Å². The SMILES string of the molecule is COc1ccc2[nH]cc(/C=C(/NC(=O)c3ccccc3)C(=O)N3C[C@H](C)O[C@@H](C)C3)c2c1. The number of nitrogens with one attached hydrogen (secondary N) is 2. The maximum Gasteiger partial charge on any atom is 0.270 e. The quantitative estimate of drug-likeness (QED) is 0.603. The molecule has 166 valence electrons. The summed E-state index contributed by atoms with van der Waals surface area (Å²) in [6.07, 6.45) is 3.38. The molecule has 2 atom stereocenters. The number of methoxy groups -OCH3 is 1. The number of amides is 2. The van der Waals surface area contributed by atoms with Gasteiger partial charge in [-0.05, 0) is 50.3 Å². The maximum absolute atomic E-state index is 13.5. The van der Waals surface area contributed by atoms with Gasteiger partial charge in [0, 0.05) is 41.3 Å². The Bertz CT molecular complexity index is 1140. The zero-order valence-electron chi connectivity index (χ0n) is 18.4. The van der Waals surface area contributed by atoms with Crippen molar-refractivity contribution >= 4 is 28.8 Å². The van der Waals surface area contributed by atoms with E-state index >= 15 is 0 Å². The first-order valence-electron chi connectivity index (χ1n) is 10.6. The lowest BCUT2D eigenvalue weighted by molar-refractivity contribution is -0.139. The van der Waals surface area contributed by atoms with E-state index in [0.29, 0.717) is 24.4 Å². The van der Waals surface area contributed by atoms with E-state index in [1.54, 1.807) is 42.4 Å². The van der Waals surface area contributed by atoms with Crippen molar-refractivity contribution in [3.63, 3.8) is 0 Å². The summed E-state index contributed by atoms with van der Waals surface area (Å²) in [5.41, 5.74) is 2.39. The summed E-state index contributed by atoms with van der Waals surface area (Å²) >= 11 is 0. The molecule has 0 radical (unpaired) electrons. The molecule has 7 heteroatoms. The topological polar surface area (TPSA) is 83.7 Å². The second kappa shape index (κ2) is 9.28. The van der Waals surface area contributed by atoms with Gasteiger partial charge in [0.2, 0.25) is 0 Å². The minimum Gasteiger partial charge on any atom is -0.497 e. The average molecular weight is 434 g/mol. The molecule has 0 spiro atoms. The Morgan fingerprint density at radius 2 is 1.84 bits per heavy atom. The number of benzene rings is 2. The number of H-pyrrole nitrogens is 1. The third kappa shape index (κ3) is 4.68. The van der Waals surface area contributed by atoms with Crippen molar-refractivity contribution in [3.05, 3.63) is 71.6 Å². The van der Waals surface area contributed by atoms with E-state index in [4.69, 9.17) is 9.47 Å². The van der Waals surface area contributed by atoms with E-state index in [9.17, 15) is 9.59 Å². The van der Waals surface area contributed by atoms with Crippen molar-refractivity contribution in [2.75, 3.05) is 20.2 Å². The Morgan fingerprint density at radius 1 is 1.12 bits per heavy atom. The summed E-state index contributed by atoms with van der Waals surface area (Å²) in [6, 6.07) is 14.5. The highest BCUT2D eigenvalue weighted by molar-refractivity contribution is 6.06. The number of aromatic amines is 1. The maximum atomic E-state index is 13.5.